The van der Waals surface area contributed by atoms with Crippen molar-refractivity contribution >= 4 is 17.7 Å². The molecular weight excluding hydrogens is 332 g/mol. The third-order valence-electron chi connectivity index (χ3n) is 4.21. The number of esters is 2. The van der Waals surface area contributed by atoms with Crippen molar-refractivity contribution in [3.05, 3.63) is 12.2 Å². The molecule has 5 heteroatoms. The maximum atomic E-state index is 11.5. The van der Waals surface area contributed by atoms with Crippen LogP contribution in [-0.4, -0.2) is 30.4 Å². The second kappa shape index (κ2) is 16.8. The molecule has 0 heterocycles. The minimum absolute atomic E-state index is 0.245. The summed E-state index contributed by atoms with van der Waals surface area (Å²) in [5.74, 6) is -1.53. The summed E-state index contributed by atoms with van der Waals surface area (Å²) in [5.41, 5.74) is 0. The van der Waals surface area contributed by atoms with Gasteiger partial charge in [0.15, 0.2) is 11.9 Å². The SMILES string of the molecule is CCCCCCCCCCCCCOC(=O)/C=C/C(=O)OC(C)C(C)=O. The first-order chi connectivity index (χ1) is 12.5. The molecule has 0 saturated carbocycles. The fraction of sp³-hybridized carbons (Fsp3) is 0.762. The van der Waals surface area contributed by atoms with Crippen molar-refractivity contribution in [1.29, 1.82) is 0 Å². The Morgan fingerprint density at radius 2 is 1.23 bits per heavy atom. The Morgan fingerprint density at radius 3 is 1.73 bits per heavy atom. The Balaban J connectivity index is 3.50. The lowest BCUT2D eigenvalue weighted by Crippen LogP contribution is -2.20. The van der Waals surface area contributed by atoms with Crippen molar-refractivity contribution in [2.24, 2.45) is 0 Å². The zero-order valence-electron chi connectivity index (χ0n) is 16.8. The van der Waals surface area contributed by atoms with Crippen LogP contribution in [0.3, 0.4) is 0 Å². The van der Waals surface area contributed by atoms with E-state index in [9.17, 15) is 14.4 Å². The summed E-state index contributed by atoms with van der Waals surface area (Å²) >= 11 is 0. The minimum Gasteiger partial charge on any atom is -0.463 e. The molecule has 0 fully saturated rings. The fourth-order valence-electron chi connectivity index (χ4n) is 2.42. The number of hydrogen-bond donors (Lipinski definition) is 0. The van der Waals surface area contributed by atoms with Gasteiger partial charge in [0.1, 0.15) is 0 Å². The Hall–Kier alpha value is -1.65. The molecule has 0 amide bonds. The van der Waals surface area contributed by atoms with Gasteiger partial charge >= 0.3 is 11.9 Å². The van der Waals surface area contributed by atoms with E-state index >= 15 is 0 Å². The lowest BCUT2D eigenvalue weighted by atomic mass is 10.1. The standard InChI is InChI=1S/C21H36O5/c1-4-5-6-7-8-9-10-11-12-13-14-17-25-20(23)15-16-21(24)26-19(3)18(2)22/h15-16,19H,4-14,17H2,1-3H3/b16-15+. The average Bonchev–Trinajstić information content (AvgIpc) is 2.60. The van der Waals surface area contributed by atoms with E-state index in [0.29, 0.717) is 6.61 Å². The molecule has 0 radical (unpaired) electrons. The highest BCUT2D eigenvalue weighted by molar-refractivity contribution is 5.93. The van der Waals surface area contributed by atoms with Crippen LogP contribution in [0.4, 0.5) is 0 Å². The molecule has 1 unspecified atom stereocenters. The second-order valence-corrected chi connectivity index (χ2v) is 6.73. The molecule has 0 spiro atoms. The normalized spacial score (nSPS) is 12.1. The van der Waals surface area contributed by atoms with Crippen LogP contribution in [0, 0.1) is 0 Å². The molecule has 0 aromatic rings. The molecule has 0 rings (SSSR count). The third kappa shape index (κ3) is 15.9. The first-order valence-electron chi connectivity index (χ1n) is 10.0. The zero-order chi connectivity index (χ0) is 19.6. The highest BCUT2D eigenvalue weighted by Crippen LogP contribution is 2.11. The Morgan fingerprint density at radius 1 is 0.769 bits per heavy atom. The van der Waals surface area contributed by atoms with Crippen molar-refractivity contribution in [2.75, 3.05) is 6.61 Å². The molecular formula is C21H36O5. The predicted octanol–water partition coefficient (Wildman–Crippen LogP) is 4.92. The van der Waals surface area contributed by atoms with E-state index in [1.165, 1.54) is 65.2 Å². The van der Waals surface area contributed by atoms with E-state index in [0.717, 1.165) is 31.4 Å². The minimum atomic E-state index is -0.806. The summed E-state index contributed by atoms with van der Waals surface area (Å²) in [4.78, 5) is 33.8. The maximum Gasteiger partial charge on any atom is 0.331 e. The van der Waals surface area contributed by atoms with Gasteiger partial charge in [0.25, 0.3) is 0 Å². The highest BCUT2D eigenvalue weighted by Gasteiger charge is 2.11. The van der Waals surface area contributed by atoms with Gasteiger partial charge in [-0.25, -0.2) is 9.59 Å². The summed E-state index contributed by atoms with van der Waals surface area (Å²) in [6.45, 7) is 5.42. The molecule has 0 N–H and O–H groups in total. The summed E-state index contributed by atoms with van der Waals surface area (Å²) in [7, 11) is 0. The molecule has 26 heavy (non-hydrogen) atoms. The average molecular weight is 369 g/mol. The lowest BCUT2D eigenvalue weighted by molar-refractivity contribution is -0.148. The van der Waals surface area contributed by atoms with Crippen molar-refractivity contribution in [1.82, 2.24) is 0 Å². The predicted molar refractivity (Wildman–Crippen MR) is 103 cm³/mol. The molecule has 0 aliphatic carbocycles. The number of hydrogen-bond acceptors (Lipinski definition) is 5. The molecule has 0 aliphatic heterocycles. The Bertz CT molecular complexity index is 428. The maximum absolute atomic E-state index is 11.5. The van der Waals surface area contributed by atoms with Gasteiger partial charge in [-0.2, -0.15) is 0 Å². The van der Waals surface area contributed by atoms with Crippen LogP contribution in [0.1, 0.15) is 91.4 Å². The van der Waals surface area contributed by atoms with Gasteiger partial charge in [0.05, 0.1) is 6.61 Å². The monoisotopic (exact) mass is 368 g/mol. The third-order valence-corrected chi connectivity index (χ3v) is 4.21. The number of ketones is 1. The second-order valence-electron chi connectivity index (χ2n) is 6.73. The van der Waals surface area contributed by atoms with E-state index in [1.54, 1.807) is 0 Å². The van der Waals surface area contributed by atoms with Crippen molar-refractivity contribution in [3.63, 3.8) is 0 Å². The molecule has 5 nitrogen and oxygen atoms in total. The number of ether oxygens (including phenoxy) is 2. The van der Waals surface area contributed by atoms with E-state index in [1.807, 2.05) is 0 Å². The van der Waals surface area contributed by atoms with Crippen LogP contribution in [0.2, 0.25) is 0 Å². The summed E-state index contributed by atoms with van der Waals surface area (Å²) in [6, 6.07) is 0. The van der Waals surface area contributed by atoms with Gasteiger partial charge in [-0.15, -0.1) is 0 Å². The van der Waals surface area contributed by atoms with Gasteiger partial charge in [-0.05, 0) is 20.3 Å². The number of carbonyl (C=O) groups excluding carboxylic acids is 3. The van der Waals surface area contributed by atoms with Crippen molar-refractivity contribution < 1.29 is 23.9 Å². The molecule has 150 valence electrons. The zero-order valence-corrected chi connectivity index (χ0v) is 16.8. The molecule has 0 aromatic carbocycles. The van der Waals surface area contributed by atoms with Crippen LogP contribution in [0.25, 0.3) is 0 Å². The molecule has 0 aliphatic rings. The van der Waals surface area contributed by atoms with Crippen LogP contribution in [0.5, 0.6) is 0 Å². The summed E-state index contributed by atoms with van der Waals surface area (Å²) in [5, 5.41) is 0. The number of carbonyl (C=O) groups is 3. The van der Waals surface area contributed by atoms with Gasteiger partial charge in [-0.1, -0.05) is 71.1 Å². The van der Waals surface area contributed by atoms with Crippen LogP contribution < -0.4 is 0 Å². The lowest BCUT2D eigenvalue weighted by Gasteiger charge is -2.07. The van der Waals surface area contributed by atoms with Crippen molar-refractivity contribution in [3.8, 4) is 0 Å². The molecule has 0 bridgehead atoms. The molecule has 1 atom stereocenters. The first kappa shape index (κ1) is 24.4. The molecule has 0 aromatic heterocycles. The highest BCUT2D eigenvalue weighted by atomic mass is 16.5. The van der Waals surface area contributed by atoms with E-state index < -0.39 is 18.0 Å². The van der Waals surface area contributed by atoms with Crippen LogP contribution >= 0.6 is 0 Å². The largest absolute Gasteiger partial charge is 0.463 e. The van der Waals surface area contributed by atoms with E-state index in [2.05, 4.69) is 6.92 Å². The first-order valence-corrected chi connectivity index (χ1v) is 10.0. The molecule has 0 saturated heterocycles. The quantitative estimate of drug-likeness (QED) is 0.220. The van der Waals surface area contributed by atoms with E-state index in [4.69, 9.17) is 9.47 Å². The van der Waals surface area contributed by atoms with Crippen molar-refractivity contribution in [2.45, 2.75) is 97.5 Å². The Labute approximate surface area is 158 Å². The Kier molecular flexibility index (Phi) is 15.7. The number of unbranched alkanes of at least 4 members (excludes halogenated alkanes) is 10. The summed E-state index contributed by atoms with van der Waals surface area (Å²) < 4.78 is 9.82. The van der Waals surface area contributed by atoms with Gasteiger partial charge < -0.3 is 9.47 Å². The smallest absolute Gasteiger partial charge is 0.331 e. The van der Waals surface area contributed by atoms with E-state index in [-0.39, 0.29) is 5.78 Å². The topological polar surface area (TPSA) is 69.7 Å². The fourth-order valence-corrected chi connectivity index (χ4v) is 2.42. The van der Waals surface area contributed by atoms with Crippen LogP contribution in [-0.2, 0) is 23.9 Å². The van der Waals surface area contributed by atoms with Gasteiger partial charge in [0.2, 0.25) is 0 Å². The number of Topliss-reactive ketones (excluding diaryl/α,β-unsaturated/α-hetero) is 1. The number of rotatable bonds is 16. The van der Waals surface area contributed by atoms with Gasteiger partial charge in [0, 0.05) is 12.2 Å². The van der Waals surface area contributed by atoms with Gasteiger partial charge in [-0.3, -0.25) is 4.79 Å². The van der Waals surface area contributed by atoms with Crippen LogP contribution in [0.15, 0.2) is 12.2 Å². The summed E-state index contributed by atoms with van der Waals surface area (Å²) in [6.07, 6.45) is 14.8.